The number of hydrogen-bond donors (Lipinski definition) is 3. The van der Waals surface area contributed by atoms with Crippen molar-refractivity contribution >= 4 is 13.7 Å². The molecule has 0 aliphatic rings. The fourth-order valence-corrected chi connectivity index (χ4v) is 2.33. The number of carbonyl (C=O) groups is 1. The molecule has 0 saturated carbocycles. The Kier molecular flexibility index (Phi) is 8.25. The molecule has 3 atom stereocenters. The topological polar surface area (TPSA) is 105 Å². The molecule has 1 amide bonds. The van der Waals surface area contributed by atoms with E-state index in [-0.39, 0.29) is 0 Å². The summed E-state index contributed by atoms with van der Waals surface area (Å²) in [6.45, 7) is 7.48. The van der Waals surface area contributed by atoms with E-state index >= 15 is 0 Å². The van der Waals surface area contributed by atoms with Gasteiger partial charge in [0.15, 0.2) is 0 Å². The van der Waals surface area contributed by atoms with Crippen molar-refractivity contribution in [2.24, 2.45) is 0 Å². The van der Waals surface area contributed by atoms with Gasteiger partial charge in [-0.15, -0.1) is 0 Å². The fraction of sp³-hybridized carbons (Fsp3) is 0.769. The van der Waals surface area contributed by atoms with E-state index in [9.17, 15) is 18.6 Å². The van der Waals surface area contributed by atoms with Gasteiger partial charge in [0.25, 0.3) is 0 Å². The minimum absolute atomic E-state index is 0.428. The molecule has 0 bridgehead atoms. The third-order valence-corrected chi connectivity index (χ3v) is 3.74. The van der Waals surface area contributed by atoms with Crippen molar-refractivity contribution in [3.8, 4) is 0 Å². The molecule has 0 aliphatic carbocycles. The van der Waals surface area contributed by atoms with E-state index in [2.05, 4.69) is 5.32 Å². The van der Waals surface area contributed by atoms with E-state index in [1.54, 1.807) is 27.7 Å². The number of ether oxygens (including phenoxy) is 1. The van der Waals surface area contributed by atoms with Crippen LogP contribution >= 0.6 is 7.60 Å². The Balaban J connectivity index is 4.89. The summed E-state index contributed by atoms with van der Waals surface area (Å²) in [5, 5.41) is 11.3. The van der Waals surface area contributed by atoms with Crippen LogP contribution in [0.2, 0.25) is 0 Å². The maximum Gasteiger partial charge on any atom is 0.408 e. The van der Waals surface area contributed by atoms with Gasteiger partial charge in [-0.25, -0.2) is 4.79 Å². The Labute approximate surface area is 130 Å². The van der Waals surface area contributed by atoms with Crippen LogP contribution in [0.25, 0.3) is 0 Å². The van der Waals surface area contributed by atoms with E-state index in [4.69, 9.17) is 14.4 Å². The lowest BCUT2D eigenvalue weighted by Crippen LogP contribution is -2.40. The first kappa shape index (κ1) is 21.0. The van der Waals surface area contributed by atoms with Gasteiger partial charge in [-0.05, 0) is 40.2 Å². The van der Waals surface area contributed by atoms with E-state index in [1.165, 1.54) is 6.92 Å². The summed E-state index contributed by atoms with van der Waals surface area (Å²) in [7, 11) is -4.62. The molecule has 0 fully saturated rings. The van der Waals surface area contributed by atoms with Crippen molar-refractivity contribution in [3.05, 3.63) is 11.6 Å². The summed E-state index contributed by atoms with van der Waals surface area (Å²) < 4.78 is 35.2. The van der Waals surface area contributed by atoms with Gasteiger partial charge in [-0.2, -0.15) is 4.39 Å². The maximum atomic E-state index is 13.8. The number of alkyl carbamates (subject to hydrolysis) is 1. The molecule has 7 nitrogen and oxygen atoms in total. The molecule has 0 heterocycles. The van der Waals surface area contributed by atoms with Crippen LogP contribution in [0.4, 0.5) is 9.18 Å². The molecule has 22 heavy (non-hydrogen) atoms. The van der Waals surface area contributed by atoms with Crippen molar-refractivity contribution < 1.29 is 33.0 Å². The highest BCUT2D eigenvalue weighted by Gasteiger charge is 2.30. The fourth-order valence-electron chi connectivity index (χ4n) is 1.23. The zero-order valence-electron chi connectivity index (χ0n) is 13.5. The summed E-state index contributed by atoms with van der Waals surface area (Å²) in [6.07, 6.45) is -0.433. The minimum atomic E-state index is -4.62. The van der Waals surface area contributed by atoms with E-state index in [0.717, 1.165) is 0 Å². The molecule has 3 unspecified atom stereocenters. The molecule has 0 aliphatic heterocycles. The molecule has 0 spiro atoms. The van der Waals surface area contributed by atoms with E-state index in [1.807, 2.05) is 0 Å². The molecule has 0 aromatic carbocycles. The van der Waals surface area contributed by atoms with Crippen LogP contribution in [0.1, 0.15) is 41.0 Å². The molecular formula is C13H25FNO6P. The van der Waals surface area contributed by atoms with Gasteiger partial charge in [0.05, 0.1) is 18.8 Å². The summed E-state index contributed by atoms with van der Waals surface area (Å²) in [4.78, 5) is 21.0. The Morgan fingerprint density at radius 2 is 2.00 bits per heavy atom. The molecule has 3 N–H and O–H groups in total. The zero-order valence-corrected chi connectivity index (χ0v) is 14.4. The Bertz CT molecular complexity index is 448. The Morgan fingerprint density at radius 3 is 2.41 bits per heavy atom. The summed E-state index contributed by atoms with van der Waals surface area (Å²) in [6, 6.07) is -1.21. The first-order valence-electron chi connectivity index (χ1n) is 6.90. The number of hydrogen-bond acceptors (Lipinski definition) is 5. The average molecular weight is 341 g/mol. The smallest absolute Gasteiger partial charge is 0.408 e. The monoisotopic (exact) mass is 341 g/mol. The largest absolute Gasteiger partial charge is 0.444 e. The highest BCUT2D eigenvalue weighted by atomic mass is 31.2. The second-order valence-corrected chi connectivity index (χ2v) is 7.45. The standard InChI is InChI=1S/C13H25FNO6P/c1-6-9(2)21-22(18,19)11(14)7-10(8-16)15-12(17)20-13(3,4)5/h7,9-10,16H,6,8H2,1-5H3,(H,15,17)(H,18,19). The zero-order chi connectivity index (χ0) is 17.6. The number of nitrogens with one attached hydrogen (secondary N) is 1. The minimum Gasteiger partial charge on any atom is -0.444 e. The first-order valence-corrected chi connectivity index (χ1v) is 8.48. The number of rotatable bonds is 7. The lowest BCUT2D eigenvalue weighted by atomic mass is 10.2. The second kappa shape index (κ2) is 8.62. The van der Waals surface area contributed by atoms with Crippen LogP contribution in [0.5, 0.6) is 0 Å². The average Bonchev–Trinajstić information content (AvgIpc) is 2.34. The molecule has 0 saturated heterocycles. The normalized spacial score (nSPS) is 18.3. The van der Waals surface area contributed by atoms with Gasteiger partial charge < -0.3 is 24.6 Å². The SMILES string of the molecule is CCC(C)OP(=O)(O)C(F)=CC(CO)NC(=O)OC(C)(C)C. The number of aliphatic hydroxyl groups is 1. The van der Waals surface area contributed by atoms with Crippen LogP contribution in [0.3, 0.4) is 0 Å². The summed E-state index contributed by atoms with van der Waals surface area (Å²) >= 11 is 0. The van der Waals surface area contributed by atoms with Crippen molar-refractivity contribution in [3.63, 3.8) is 0 Å². The van der Waals surface area contributed by atoms with Gasteiger partial charge in [-0.3, -0.25) is 4.57 Å². The van der Waals surface area contributed by atoms with Crippen molar-refractivity contribution in [1.29, 1.82) is 0 Å². The lowest BCUT2D eigenvalue weighted by molar-refractivity contribution is 0.0497. The predicted molar refractivity (Wildman–Crippen MR) is 80.1 cm³/mol. The highest BCUT2D eigenvalue weighted by Crippen LogP contribution is 2.52. The Hall–Kier alpha value is -0.950. The van der Waals surface area contributed by atoms with Crippen LogP contribution in [0, 0.1) is 0 Å². The molecular weight excluding hydrogens is 316 g/mol. The van der Waals surface area contributed by atoms with Gasteiger partial charge in [0.2, 0.25) is 5.57 Å². The number of aliphatic hydroxyl groups excluding tert-OH is 1. The molecule has 0 radical (unpaired) electrons. The van der Waals surface area contributed by atoms with Gasteiger partial charge in [0.1, 0.15) is 5.60 Å². The third kappa shape index (κ3) is 8.48. The molecule has 130 valence electrons. The first-order chi connectivity index (χ1) is 9.91. The maximum absolute atomic E-state index is 13.8. The molecule has 9 heteroatoms. The summed E-state index contributed by atoms with van der Waals surface area (Å²) in [5.41, 5.74) is -2.21. The highest BCUT2D eigenvalue weighted by molar-refractivity contribution is 7.57. The van der Waals surface area contributed by atoms with Crippen molar-refractivity contribution in [2.75, 3.05) is 6.61 Å². The second-order valence-electron chi connectivity index (χ2n) is 5.77. The predicted octanol–water partition coefficient (Wildman–Crippen LogP) is 2.68. The number of amides is 1. The Morgan fingerprint density at radius 1 is 1.45 bits per heavy atom. The van der Waals surface area contributed by atoms with Crippen LogP contribution in [-0.2, 0) is 13.8 Å². The van der Waals surface area contributed by atoms with Crippen LogP contribution < -0.4 is 5.32 Å². The number of halogens is 1. The molecule has 0 aromatic rings. The lowest BCUT2D eigenvalue weighted by Gasteiger charge is -2.22. The van der Waals surface area contributed by atoms with Crippen LogP contribution in [-0.4, -0.2) is 40.4 Å². The van der Waals surface area contributed by atoms with E-state index < -0.39 is 43.6 Å². The van der Waals surface area contributed by atoms with Crippen molar-refractivity contribution in [1.82, 2.24) is 5.32 Å². The van der Waals surface area contributed by atoms with E-state index in [0.29, 0.717) is 12.5 Å². The van der Waals surface area contributed by atoms with Crippen LogP contribution in [0.15, 0.2) is 11.6 Å². The van der Waals surface area contributed by atoms with Gasteiger partial charge >= 0.3 is 13.7 Å². The van der Waals surface area contributed by atoms with Crippen molar-refractivity contribution in [2.45, 2.75) is 58.8 Å². The van der Waals surface area contributed by atoms with Gasteiger partial charge in [-0.1, -0.05) is 6.92 Å². The third-order valence-electron chi connectivity index (χ3n) is 2.41. The van der Waals surface area contributed by atoms with Gasteiger partial charge in [0, 0.05) is 0 Å². The quantitative estimate of drug-likeness (QED) is 0.615. The summed E-state index contributed by atoms with van der Waals surface area (Å²) in [5.74, 6) is 0. The molecule has 0 rings (SSSR count). The molecule has 0 aromatic heterocycles. The number of carbonyl (C=O) groups excluding carboxylic acids is 1.